The molecule has 1 aromatic rings. The first kappa shape index (κ1) is 17.6. The number of halogens is 7. The molecule has 1 rings (SSSR count). The zero-order chi connectivity index (χ0) is 17.3. The molecular formula is C9H4F7N3O3. The lowest BCUT2D eigenvalue weighted by atomic mass is 10.1. The van der Waals surface area contributed by atoms with Gasteiger partial charge in [-0.15, -0.1) is 0 Å². The third kappa shape index (κ3) is 3.07. The molecule has 1 aromatic heterocycles. The van der Waals surface area contributed by atoms with Gasteiger partial charge in [0, 0.05) is 6.07 Å². The third-order valence-corrected chi connectivity index (χ3v) is 2.24. The van der Waals surface area contributed by atoms with Crippen LogP contribution in [0, 0.1) is 10.1 Å². The van der Waals surface area contributed by atoms with Crippen LogP contribution in [-0.4, -0.2) is 33.8 Å². The highest BCUT2D eigenvalue weighted by atomic mass is 19.4. The number of hydrogen-bond acceptors (Lipinski definition) is 4. The summed E-state index contributed by atoms with van der Waals surface area (Å²) < 4.78 is 86.7. The van der Waals surface area contributed by atoms with Crippen molar-refractivity contribution in [1.82, 2.24) is 4.98 Å². The minimum atomic E-state index is -6.66. The van der Waals surface area contributed by atoms with Crippen molar-refractivity contribution >= 4 is 17.4 Å². The normalized spacial score (nSPS) is 12.9. The molecule has 13 heteroatoms. The summed E-state index contributed by atoms with van der Waals surface area (Å²) in [4.78, 5) is 23.3. The Kier molecular flexibility index (Phi) is 4.30. The van der Waals surface area contributed by atoms with E-state index in [-0.39, 0.29) is 0 Å². The van der Waals surface area contributed by atoms with E-state index in [1.165, 1.54) is 0 Å². The predicted octanol–water partition coefficient (Wildman–Crippen LogP) is 2.76. The topological polar surface area (TPSA) is 85.1 Å². The largest absolute Gasteiger partial charge is 0.460 e. The number of carbonyl (C=O) groups excluding carboxylic acids is 1. The predicted molar refractivity (Wildman–Crippen MR) is 55.5 cm³/mol. The van der Waals surface area contributed by atoms with Crippen LogP contribution in [0.25, 0.3) is 0 Å². The molecule has 0 saturated carbocycles. The number of hydrogen-bond donors (Lipinski definition) is 1. The van der Waals surface area contributed by atoms with Gasteiger partial charge in [0.15, 0.2) is 0 Å². The van der Waals surface area contributed by atoms with Gasteiger partial charge in [-0.05, 0) is 6.07 Å². The van der Waals surface area contributed by atoms with Gasteiger partial charge in [0.05, 0.1) is 4.92 Å². The number of alkyl halides is 7. The fourth-order valence-electron chi connectivity index (χ4n) is 1.08. The Morgan fingerprint density at radius 2 is 1.68 bits per heavy atom. The lowest BCUT2D eigenvalue weighted by Crippen LogP contribution is -2.57. The summed E-state index contributed by atoms with van der Waals surface area (Å²) >= 11 is 0. The van der Waals surface area contributed by atoms with E-state index in [1.54, 1.807) is 0 Å². The average Bonchev–Trinajstić information content (AvgIpc) is 2.37. The number of nitrogens with one attached hydrogen (secondary N) is 1. The summed E-state index contributed by atoms with van der Waals surface area (Å²) in [7, 11) is 0. The maximum atomic E-state index is 13.0. The Morgan fingerprint density at radius 3 is 2.05 bits per heavy atom. The summed E-state index contributed by atoms with van der Waals surface area (Å²) in [6.45, 7) is 0. The van der Waals surface area contributed by atoms with Crippen molar-refractivity contribution in [3.63, 3.8) is 0 Å². The summed E-state index contributed by atoms with van der Waals surface area (Å²) in [5.41, 5.74) is -0.620. The first-order chi connectivity index (χ1) is 9.80. The molecule has 0 fully saturated rings. The molecule has 1 heterocycles. The van der Waals surface area contributed by atoms with E-state index in [1.807, 2.05) is 0 Å². The molecular weight excluding hydrogens is 331 g/mol. The van der Waals surface area contributed by atoms with Crippen molar-refractivity contribution in [2.45, 2.75) is 18.0 Å². The van der Waals surface area contributed by atoms with Crippen molar-refractivity contribution in [2.24, 2.45) is 0 Å². The maximum absolute atomic E-state index is 13.0. The van der Waals surface area contributed by atoms with Gasteiger partial charge in [0.2, 0.25) is 0 Å². The summed E-state index contributed by atoms with van der Waals surface area (Å²) in [6.07, 6.45) is -6.17. The van der Waals surface area contributed by atoms with Crippen LogP contribution in [-0.2, 0) is 4.79 Å². The van der Waals surface area contributed by atoms with Crippen LogP contribution in [0.1, 0.15) is 0 Å². The van der Waals surface area contributed by atoms with Gasteiger partial charge in [-0.2, -0.15) is 30.7 Å². The zero-order valence-electron chi connectivity index (χ0n) is 10.00. The number of aromatic nitrogens is 1. The molecule has 22 heavy (non-hydrogen) atoms. The Morgan fingerprint density at radius 1 is 1.14 bits per heavy atom. The highest BCUT2D eigenvalue weighted by Crippen LogP contribution is 2.46. The molecule has 1 N–H and O–H groups in total. The molecule has 122 valence electrons. The van der Waals surface area contributed by atoms with Crippen molar-refractivity contribution < 1.29 is 40.5 Å². The SMILES string of the molecule is O=C(Nc1ccc([N+](=O)[O-])cn1)C(F)(F)C(F)(F)C(F)(F)F. The molecule has 0 atom stereocenters. The van der Waals surface area contributed by atoms with Crippen molar-refractivity contribution in [2.75, 3.05) is 5.32 Å². The standard InChI is InChI=1S/C9H4F7N3O3/c10-7(11,8(12,13)9(14,15)16)6(20)18-5-2-1-4(3-17-5)19(21)22/h1-3H,(H,17,18,20). The minimum Gasteiger partial charge on any atom is -0.305 e. The van der Waals surface area contributed by atoms with Crippen LogP contribution >= 0.6 is 0 Å². The molecule has 0 saturated heterocycles. The number of rotatable bonds is 4. The molecule has 6 nitrogen and oxygen atoms in total. The second-order valence-electron chi connectivity index (χ2n) is 3.76. The lowest BCUT2D eigenvalue weighted by Gasteiger charge is -2.26. The summed E-state index contributed by atoms with van der Waals surface area (Å²) in [6, 6.07) is 1.25. The van der Waals surface area contributed by atoms with Crippen LogP contribution in [0.4, 0.5) is 42.2 Å². The van der Waals surface area contributed by atoms with Gasteiger partial charge in [-0.3, -0.25) is 14.9 Å². The van der Waals surface area contributed by atoms with Gasteiger partial charge in [-0.25, -0.2) is 4.98 Å². The molecule has 1 amide bonds. The van der Waals surface area contributed by atoms with Gasteiger partial charge in [-0.1, -0.05) is 0 Å². The number of nitro groups is 1. The second kappa shape index (κ2) is 5.38. The second-order valence-corrected chi connectivity index (χ2v) is 3.76. The van der Waals surface area contributed by atoms with Crippen LogP contribution in [0.5, 0.6) is 0 Å². The first-order valence-electron chi connectivity index (χ1n) is 5.05. The Hall–Kier alpha value is -2.47. The fraction of sp³-hybridized carbons (Fsp3) is 0.333. The molecule has 0 spiro atoms. The van der Waals surface area contributed by atoms with Crippen molar-refractivity contribution in [1.29, 1.82) is 0 Å². The van der Waals surface area contributed by atoms with E-state index < -0.39 is 40.4 Å². The van der Waals surface area contributed by atoms with Gasteiger partial charge in [0.1, 0.15) is 12.0 Å². The van der Waals surface area contributed by atoms with Crippen LogP contribution < -0.4 is 5.32 Å². The number of pyridine rings is 1. The highest BCUT2D eigenvalue weighted by Gasteiger charge is 2.76. The lowest BCUT2D eigenvalue weighted by molar-refractivity contribution is -0.385. The van der Waals surface area contributed by atoms with E-state index in [0.717, 1.165) is 5.32 Å². The van der Waals surface area contributed by atoms with E-state index in [9.17, 15) is 45.6 Å². The number of anilines is 1. The Bertz CT molecular complexity index is 585. The molecule has 0 radical (unpaired) electrons. The molecule has 0 aliphatic carbocycles. The molecule has 0 aromatic carbocycles. The van der Waals surface area contributed by atoms with Crippen molar-refractivity contribution in [3.8, 4) is 0 Å². The molecule has 0 unspecified atom stereocenters. The van der Waals surface area contributed by atoms with Gasteiger partial charge < -0.3 is 5.32 Å². The maximum Gasteiger partial charge on any atom is 0.460 e. The quantitative estimate of drug-likeness (QED) is 0.521. The Balaban J connectivity index is 2.98. The number of carbonyl (C=O) groups is 1. The van der Waals surface area contributed by atoms with E-state index in [0.29, 0.717) is 18.3 Å². The molecule has 0 aliphatic heterocycles. The number of nitrogens with zero attached hydrogens (tertiary/aromatic N) is 2. The van der Waals surface area contributed by atoms with E-state index in [2.05, 4.69) is 4.98 Å². The average molecular weight is 335 g/mol. The molecule has 0 bridgehead atoms. The third-order valence-electron chi connectivity index (χ3n) is 2.24. The smallest absolute Gasteiger partial charge is 0.305 e. The van der Waals surface area contributed by atoms with Crippen LogP contribution in [0.15, 0.2) is 18.3 Å². The first-order valence-corrected chi connectivity index (χ1v) is 5.05. The zero-order valence-corrected chi connectivity index (χ0v) is 10.00. The van der Waals surface area contributed by atoms with Gasteiger partial charge >= 0.3 is 23.9 Å². The monoisotopic (exact) mass is 335 g/mol. The highest BCUT2D eigenvalue weighted by molar-refractivity contribution is 5.96. The summed E-state index contributed by atoms with van der Waals surface area (Å²) in [5.74, 6) is -16.5. The Labute approximate surface area is 116 Å². The van der Waals surface area contributed by atoms with Gasteiger partial charge in [0.25, 0.3) is 5.69 Å². The minimum absolute atomic E-state index is 0.482. The van der Waals surface area contributed by atoms with Crippen molar-refractivity contribution in [3.05, 3.63) is 28.4 Å². The van der Waals surface area contributed by atoms with Crippen LogP contribution in [0.3, 0.4) is 0 Å². The van der Waals surface area contributed by atoms with E-state index >= 15 is 0 Å². The van der Waals surface area contributed by atoms with Crippen LogP contribution in [0.2, 0.25) is 0 Å². The fourth-order valence-corrected chi connectivity index (χ4v) is 1.08. The molecule has 0 aliphatic rings. The summed E-state index contributed by atoms with van der Waals surface area (Å²) in [5, 5.41) is 11.3. The number of amides is 1. The van der Waals surface area contributed by atoms with E-state index in [4.69, 9.17) is 0 Å².